The van der Waals surface area contributed by atoms with Crippen LogP contribution in [-0.2, 0) is 9.47 Å². The van der Waals surface area contributed by atoms with E-state index in [4.69, 9.17) is 13.9 Å². The molecule has 0 radical (unpaired) electrons. The maximum atomic E-state index is 13.4. The summed E-state index contributed by atoms with van der Waals surface area (Å²) in [7, 11) is 0. The van der Waals surface area contributed by atoms with E-state index in [1.165, 1.54) is 24.3 Å². The Morgan fingerprint density at radius 1 is 0.775 bits per heavy atom. The molecule has 14 heteroatoms. The number of phenolic OH excluding ortho intramolecular Hbond substituents is 3. The highest BCUT2D eigenvalue weighted by Gasteiger charge is 2.48. The van der Waals surface area contributed by atoms with Crippen molar-refractivity contribution in [3.05, 3.63) is 51.7 Å². The van der Waals surface area contributed by atoms with E-state index in [-0.39, 0.29) is 11.5 Å². The number of hydrogen-bond donors (Lipinski definition) is 10. The van der Waals surface area contributed by atoms with Gasteiger partial charge in [-0.3, -0.25) is 4.79 Å². The molecule has 0 amide bonds. The lowest BCUT2D eigenvalue weighted by molar-refractivity contribution is -0.231. The SMILES string of the molecule is O=c1cc(-c2ccc(O)cc2)oc2c([C@@H]3O[C@@H](CO)[C@H](O)[C@@H](O)[C@@H]3O)c(O)c([C@@H]3OC[C@@H](O)[C@@H](O)[C@@H]3O)c(O)c12. The van der Waals surface area contributed by atoms with E-state index in [0.717, 1.165) is 6.07 Å². The van der Waals surface area contributed by atoms with Crippen molar-refractivity contribution in [1.29, 1.82) is 0 Å². The Bertz CT molecular complexity index is 1450. The molecule has 2 saturated heterocycles. The molecular formula is C26H28O14. The number of benzene rings is 2. The van der Waals surface area contributed by atoms with Crippen molar-refractivity contribution in [2.45, 2.75) is 54.9 Å². The predicted molar refractivity (Wildman–Crippen MR) is 132 cm³/mol. The third-order valence-corrected chi connectivity index (χ3v) is 7.31. The average molecular weight is 564 g/mol. The average Bonchev–Trinajstić information content (AvgIpc) is 2.92. The minimum Gasteiger partial charge on any atom is -0.508 e. The van der Waals surface area contributed by atoms with E-state index in [1.807, 2.05) is 0 Å². The van der Waals surface area contributed by atoms with Gasteiger partial charge in [0.1, 0.15) is 83.3 Å². The third-order valence-electron chi connectivity index (χ3n) is 7.31. The van der Waals surface area contributed by atoms with Crippen LogP contribution in [0.2, 0.25) is 0 Å². The van der Waals surface area contributed by atoms with Gasteiger partial charge in [-0.05, 0) is 24.3 Å². The molecule has 0 bridgehead atoms. The number of rotatable bonds is 4. The van der Waals surface area contributed by atoms with Crippen molar-refractivity contribution in [3.63, 3.8) is 0 Å². The molecule has 2 aliphatic heterocycles. The minimum absolute atomic E-state index is 0.0767. The van der Waals surface area contributed by atoms with Crippen LogP contribution in [0.25, 0.3) is 22.3 Å². The molecule has 2 aromatic carbocycles. The zero-order valence-corrected chi connectivity index (χ0v) is 20.6. The van der Waals surface area contributed by atoms with E-state index in [9.17, 15) is 55.9 Å². The van der Waals surface area contributed by atoms with Crippen LogP contribution in [0.5, 0.6) is 17.2 Å². The molecule has 5 rings (SSSR count). The first-order chi connectivity index (χ1) is 19.0. The van der Waals surface area contributed by atoms with Gasteiger partial charge in [-0.25, -0.2) is 0 Å². The highest BCUT2D eigenvalue weighted by molar-refractivity contribution is 5.92. The van der Waals surface area contributed by atoms with Gasteiger partial charge in [0.25, 0.3) is 0 Å². The number of phenols is 3. The Balaban J connectivity index is 1.81. The first kappa shape index (κ1) is 28.2. The monoisotopic (exact) mass is 564 g/mol. The van der Waals surface area contributed by atoms with E-state index in [0.29, 0.717) is 5.56 Å². The van der Waals surface area contributed by atoms with Crippen LogP contribution in [0.4, 0.5) is 0 Å². The summed E-state index contributed by atoms with van der Waals surface area (Å²) >= 11 is 0. The topological polar surface area (TPSA) is 251 Å². The fraction of sp³-hybridized carbons (Fsp3) is 0.423. The van der Waals surface area contributed by atoms with Gasteiger partial charge >= 0.3 is 0 Å². The molecule has 2 aliphatic rings. The Kier molecular flexibility index (Phi) is 7.47. The standard InChI is InChI=1S/C26H28O14/c27-6-13-18(32)21(35)23(37)26(40-13)16-20(34)15(25-22(36)17(31)11(30)7-38-25)19(33)14-10(29)5-12(39-24(14)16)8-1-3-9(28)4-2-8/h1-5,11,13,17-18,21-23,25-28,30-37H,6-7H2/t11-,13+,17-,18+,21-,22+,23+,25+,26+/m1/s1. The molecule has 0 aliphatic carbocycles. The summed E-state index contributed by atoms with van der Waals surface area (Å²) in [5.74, 6) is -2.00. The molecule has 0 spiro atoms. The van der Waals surface area contributed by atoms with Crippen LogP contribution in [0.3, 0.4) is 0 Å². The number of ether oxygens (including phenoxy) is 2. The molecule has 40 heavy (non-hydrogen) atoms. The van der Waals surface area contributed by atoms with Crippen LogP contribution in [0, 0.1) is 0 Å². The largest absolute Gasteiger partial charge is 0.508 e. The van der Waals surface area contributed by atoms with Crippen molar-refractivity contribution in [1.82, 2.24) is 0 Å². The fourth-order valence-electron chi connectivity index (χ4n) is 5.11. The number of hydrogen-bond acceptors (Lipinski definition) is 14. The third kappa shape index (κ3) is 4.49. The molecule has 10 N–H and O–H groups in total. The molecule has 14 nitrogen and oxygen atoms in total. The van der Waals surface area contributed by atoms with Crippen molar-refractivity contribution in [3.8, 4) is 28.6 Å². The second kappa shape index (κ2) is 10.6. The first-order valence-corrected chi connectivity index (χ1v) is 12.3. The zero-order chi connectivity index (χ0) is 29.0. The van der Waals surface area contributed by atoms with Crippen LogP contribution in [0.1, 0.15) is 23.3 Å². The van der Waals surface area contributed by atoms with Gasteiger partial charge in [-0.1, -0.05) is 0 Å². The normalized spacial score (nSPS) is 32.8. The summed E-state index contributed by atoms with van der Waals surface area (Å²) in [4.78, 5) is 13.4. The summed E-state index contributed by atoms with van der Waals surface area (Å²) in [6, 6.07) is 6.47. The number of aliphatic hydroxyl groups is 7. The van der Waals surface area contributed by atoms with Crippen LogP contribution < -0.4 is 5.43 Å². The molecule has 9 atom stereocenters. The van der Waals surface area contributed by atoms with Crippen LogP contribution in [0.15, 0.2) is 39.5 Å². The van der Waals surface area contributed by atoms with Gasteiger partial charge < -0.3 is 65.0 Å². The van der Waals surface area contributed by atoms with Crippen molar-refractivity contribution >= 4 is 11.0 Å². The Morgan fingerprint density at radius 2 is 1.43 bits per heavy atom. The molecule has 216 valence electrons. The molecule has 3 aromatic rings. The van der Waals surface area contributed by atoms with E-state index in [1.54, 1.807) is 0 Å². The lowest BCUT2D eigenvalue weighted by Crippen LogP contribution is -2.55. The van der Waals surface area contributed by atoms with E-state index in [2.05, 4.69) is 0 Å². The number of aliphatic hydroxyl groups excluding tert-OH is 7. The van der Waals surface area contributed by atoms with Gasteiger partial charge in [-0.2, -0.15) is 0 Å². The van der Waals surface area contributed by atoms with Gasteiger partial charge in [0.15, 0.2) is 11.0 Å². The molecular weight excluding hydrogens is 536 g/mol. The Hall–Kier alpha value is -3.31. The Morgan fingerprint density at radius 3 is 2.08 bits per heavy atom. The molecule has 0 unspecified atom stereocenters. The van der Waals surface area contributed by atoms with Crippen molar-refractivity contribution in [2.24, 2.45) is 0 Å². The molecule has 0 saturated carbocycles. The molecule has 2 fully saturated rings. The van der Waals surface area contributed by atoms with Gasteiger partial charge in [0.2, 0.25) is 0 Å². The van der Waals surface area contributed by atoms with Crippen molar-refractivity contribution in [2.75, 3.05) is 13.2 Å². The van der Waals surface area contributed by atoms with Crippen molar-refractivity contribution < 1.29 is 65.0 Å². The summed E-state index contributed by atoms with van der Waals surface area (Å²) in [6.07, 6.45) is -15.7. The maximum Gasteiger partial charge on any atom is 0.197 e. The summed E-state index contributed by atoms with van der Waals surface area (Å²) in [5, 5.41) is 104. The number of aromatic hydroxyl groups is 3. The highest BCUT2D eigenvalue weighted by atomic mass is 16.5. The lowest BCUT2D eigenvalue weighted by atomic mass is 9.85. The van der Waals surface area contributed by atoms with Gasteiger partial charge in [0, 0.05) is 11.6 Å². The molecule has 1 aromatic heterocycles. The zero-order valence-electron chi connectivity index (χ0n) is 20.6. The second-order valence-corrected chi connectivity index (χ2v) is 9.80. The highest BCUT2D eigenvalue weighted by Crippen LogP contribution is 2.50. The van der Waals surface area contributed by atoms with E-state index >= 15 is 0 Å². The van der Waals surface area contributed by atoms with Gasteiger partial charge in [-0.15, -0.1) is 0 Å². The van der Waals surface area contributed by atoms with E-state index < -0.39 is 107 Å². The smallest absolute Gasteiger partial charge is 0.197 e. The second-order valence-electron chi connectivity index (χ2n) is 9.80. The summed E-state index contributed by atoms with van der Waals surface area (Å²) in [5.41, 5.74) is -2.19. The predicted octanol–water partition coefficient (Wildman–Crippen LogP) is -1.75. The first-order valence-electron chi connectivity index (χ1n) is 12.3. The fourth-order valence-corrected chi connectivity index (χ4v) is 5.11. The van der Waals surface area contributed by atoms with Gasteiger partial charge in [0.05, 0.1) is 24.3 Å². The minimum atomic E-state index is -1.96. The quantitative estimate of drug-likeness (QED) is 0.169. The summed E-state index contributed by atoms with van der Waals surface area (Å²) in [6.45, 7) is -1.34. The van der Waals surface area contributed by atoms with Crippen LogP contribution >= 0.6 is 0 Å². The van der Waals surface area contributed by atoms with Crippen LogP contribution in [-0.4, -0.2) is 107 Å². The molecule has 3 heterocycles. The maximum absolute atomic E-state index is 13.4. The summed E-state index contributed by atoms with van der Waals surface area (Å²) < 4.78 is 16.9. The lowest BCUT2D eigenvalue weighted by Gasteiger charge is -2.41. The Labute approximate surface area is 224 Å². The number of fused-ring (bicyclic) bond motifs is 1.